The van der Waals surface area contributed by atoms with Crippen LogP contribution in [-0.2, 0) is 10.2 Å². The summed E-state index contributed by atoms with van der Waals surface area (Å²) in [5.41, 5.74) is 5.74. The van der Waals surface area contributed by atoms with E-state index in [4.69, 9.17) is 5.73 Å². The van der Waals surface area contributed by atoms with Gasteiger partial charge >= 0.3 is 0 Å². The molecule has 2 N–H and O–H groups in total. The molecule has 7 heteroatoms. The van der Waals surface area contributed by atoms with Gasteiger partial charge in [-0.25, -0.2) is 0 Å². The lowest BCUT2D eigenvalue weighted by Gasteiger charge is -2.42. The van der Waals surface area contributed by atoms with Gasteiger partial charge in [0.05, 0.1) is 0 Å². The van der Waals surface area contributed by atoms with Gasteiger partial charge < -0.3 is 5.73 Å². The van der Waals surface area contributed by atoms with Crippen LogP contribution >= 0.6 is 11.8 Å². The van der Waals surface area contributed by atoms with Gasteiger partial charge in [0.1, 0.15) is 0 Å². The normalized spacial score (nSPS) is 30.4. The first-order chi connectivity index (χ1) is 8.87. The van der Waals surface area contributed by atoms with Crippen LogP contribution in [0, 0.1) is 0 Å². The van der Waals surface area contributed by atoms with E-state index in [-0.39, 0.29) is 10.8 Å². The summed E-state index contributed by atoms with van der Waals surface area (Å²) in [5, 5.41) is 0. The number of nitrogens with two attached hydrogens (primary N) is 1. The molecule has 0 aromatic heterocycles. The minimum absolute atomic E-state index is 0.000676. The molecule has 1 unspecified atom stereocenters. The maximum absolute atomic E-state index is 12.8. The molecular formula is C12H25N3O2S2. The molecule has 0 bridgehead atoms. The molecule has 19 heavy (non-hydrogen) atoms. The molecule has 2 saturated heterocycles. The van der Waals surface area contributed by atoms with Crippen molar-refractivity contribution in [2.75, 3.05) is 31.9 Å². The zero-order valence-electron chi connectivity index (χ0n) is 11.8. The van der Waals surface area contributed by atoms with Crippen LogP contribution in [0.1, 0.15) is 33.1 Å². The molecule has 2 fully saturated rings. The first-order valence-corrected chi connectivity index (χ1v) is 9.36. The van der Waals surface area contributed by atoms with E-state index in [1.54, 1.807) is 8.61 Å². The molecular weight excluding hydrogens is 282 g/mol. The van der Waals surface area contributed by atoms with E-state index in [1.165, 1.54) is 0 Å². The van der Waals surface area contributed by atoms with Gasteiger partial charge in [-0.05, 0) is 26.7 Å². The SMILES string of the molecule is CC1(C)CN(S(=O)(=O)N2CCCCC2CN)CCS1. The molecule has 0 radical (unpaired) electrons. The summed E-state index contributed by atoms with van der Waals surface area (Å²) in [7, 11) is -3.34. The van der Waals surface area contributed by atoms with Crippen molar-refractivity contribution in [3.05, 3.63) is 0 Å². The van der Waals surface area contributed by atoms with Crippen LogP contribution in [0.15, 0.2) is 0 Å². The molecule has 0 aromatic rings. The molecule has 0 amide bonds. The van der Waals surface area contributed by atoms with Crippen molar-refractivity contribution in [2.45, 2.75) is 43.9 Å². The Morgan fingerprint density at radius 1 is 1.32 bits per heavy atom. The molecule has 1 atom stereocenters. The van der Waals surface area contributed by atoms with Gasteiger partial charge in [0.25, 0.3) is 10.2 Å². The molecule has 2 aliphatic heterocycles. The molecule has 5 nitrogen and oxygen atoms in total. The highest BCUT2D eigenvalue weighted by Gasteiger charge is 2.40. The van der Waals surface area contributed by atoms with E-state index < -0.39 is 10.2 Å². The summed E-state index contributed by atoms with van der Waals surface area (Å²) in [4.78, 5) is 0. The van der Waals surface area contributed by atoms with E-state index in [0.717, 1.165) is 25.0 Å². The Morgan fingerprint density at radius 2 is 2.05 bits per heavy atom. The quantitative estimate of drug-likeness (QED) is 0.840. The van der Waals surface area contributed by atoms with Crippen molar-refractivity contribution in [2.24, 2.45) is 5.73 Å². The Balaban J connectivity index is 2.16. The van der Waals surface area contributed by atoms with Crippen molar-refractivity contribution < 1.29 is 8.42 Å². The van der Waals surface area contributed by atoms with Crippen LogP contribution in [0.25, 0.3) is 0 Å². The van der Waals surface area contributed by atoms with Crippen molar-refractivity contribution >= 4 is 22.0 Å². The summed E-state index contributed by atoms with van der Waals surface area (Å²) in [6.07, 6.45) is 2.92. The minimum atomic E-state index is -3.34. The maximum atomic E-state index is 12.8. The fraction of sp³-hybridized carbons (Fsp3) is 1.00. The van der Waals surface area contributed by atoms with Gasteiger partial charge in [-0.3, -0.25) is 0 Å². The van der Waals surface area contributed by atoms with E-state index in [0.29, 0.717) is 26.2 Å². The first kappa shape index (κ1) is 15.6. The van der Waals surface area contributed by atoms with Gasteiger partial charge in [-0.1, -0.05) is 6.42 Å². The molecule has 2 heterocycles. The lowest BCUT2D eigenvalue weighted by Crippen LogP contribution is -2.56. The smallest absolute Gasteiger partial charge is 0.282 e. The van der Waals surface area contributed by atoms with Crippen LogP contribution in [0.4, 0.5) is 0 Å². The zero-order valence-corrected chi connectivity index (χ0v) is 13.5. The third-order valence-electron chi connectivity index (χ3n) is 3.86. The average Bonchev–Trinajstić information content (AvgIpc) is 2.37. The van der Waals surface area contributed by atoms with Crippen LogP contribution < -0.4 is 5.73 Å². The van der Waals surface area contributed by atoms with Crippen LogP contribution in [0.3, 0.4) is 0 Å². The second-order valence-corrected chi connectivity index (χ2v) is 9.63. The minimum Gasteiger partial charge on any atom is -0.329 e. The van der Waals surface area contributed by atoms with E-state index in [2.05, 4.69) is 13.8 Å². The Morgan fingerprint density at radius 3 is 2.68 bits per heavy atom. The number of thioether (sulfide) groups is 1. The number of piperidine rings is 1. The third-order valence-corrected chi connectivity index (χ3v) is 7.19. The fourth-order valence-corrected chi connectivity index (χ4v) is 6.17. The predicted molar refractivity (Wildman–Crippen MR) is 80.4 cm³/mol. The Kier molecular flexibility index (Phi) is 4.83. The Bertz CT molecular complexity index is 411. The third kappa shape index (κ3) is 3.44. The van der Waals surface area contributed by atoms with E-state index >= 15 is 0 Å². The molecule has 0 spiro atoms. The van der Waals surface area contributed by atoms with Gasteiger partial charge in [-0.15, -0.1) is 0 Å². The lowest BCUT2D eigenvalue weighted by atomic mass is 10.1. The monoisotopic (exact) mass is 307 g/mol. The van der Waals surface area contributed by atoms with Crippen molar-refractivity contribution in [1.29, 1.82) is 0 Å². The van der Waals surface area contributed by atoms with Crippen LogP contribution in [-0.4, -0.2) is 59.7 Å². The summed E-state index contributed by atoms with van der Waals surface area (Å²) >= 11 is 1.84. The number of hydrogen-bond donors (Lipinski definition) is 1. The predicted octanol–water partition coefficient (Wildman–Crippen LogP) is 0.872. The highest BCUT2D eigenvalue weighted by Crippen LogP contribution is 2.32. The second-order valence-electron chi connectivity index (χ2n) is 5.95. The number of nitrogens with zero attached hydrogens (tertiary/aromatic N) is 2. The van der Waals surface area contributed by atoms with Gasteiger partial charge in [0.15, 0.2) is 0 Å². The molecule has 112 valence electrons. The summed E-state index contributed by atoms with van der Waals surface area (Å²) in [6.45, 7) is 6.46. The van der Waals surface area contributed by atoms with E-state index in [9.17, 15) is 8.42 Å². The number of rotatable bonds is 3. The summed E-state index contributed by atoms with van der Waals surface area (Å²) in [6, 6.07) is -0.0172. The van der Waals surface area contributed by atoms with E-state index in [1.807, 2.05) is 11.8 Å². The van der Waals surface area contributed by atoms with Gasteiger partial charge in [0, 0.05) is 42.7 Å². The maximum Gasteiger partial charge on any atom is 0.282 e. The molecule has 0 aromatic carbocycles. The first-order valence-electron chi connectivity index (χ1n) is 6.98. The average molecular weight is 307 g/mol. The summed E-state index contributed by atoms with van der Waals surface area (Å²) < 4.78 is 28.9. The van der Waals surface area contributed by atoms with Crippen LogP contribution in [0.2, 0.25) is 0 Å². The van der Waals surface area contributed by atoms with Crippen molar-refractivity contribution in [1.82, 2.24) is 8.61 Å². The molecule has 0 saturated carbocycles. The fourth-order valence-electron chi connectivity index (χ4n) is 2.83. The highest BCUT2D eigenvalue weighted by atomic mass is 32.2. The summed E-state index contributed by atoms with van der Waals surface area (Å²) in [5.74, 6) is 0.868. The lowest BCUT2D eigenvalue weighted by molar-refractivity contribution is 0.233. The van der Waals surface area contributed by atoms with Crippen molar-refractivity contribution in [3.8, 4) is 0 Å². The van der Waals surface area contributed by atoms with Crippen molar-refractivity contribution in [3.63, 3.8) is 0 Å². The van der Waals surface area contributed by atoms with Gasteiger partial charge in [0.2, 0.25) is 0 Å². The second kappa shape index (κ2) is 5.89. The number of hydrogen-bond acceptors (Lipinski definition) is 4. The van der Waals surface area contributed by atoms with Crippen LogP contribution in [0.5, 0.6) is 0 Å². The topological polar surface area (TPSA) is 66.6 Å². The zero-order chi connectivity index (χ0) is 14.1. The molecule has 0 aliphatic carbocycles. The Hall–Kier alpha value is 0.180. The molecule has 2 rings (SSSR count). The largest absolute Gasteiger partial charge is 0.329 e. The molecule has 2 aliphatic rings. The van der Waals surface area contributed by atoms with Gasteiger partial charge in [-0.2, -0.15) is 28.8 Å². The Labute approximate surface area is 121 Å². The standard InChI is InChI=1S/C12H25N3O2S2/c1-12(2)10-14(7-8-18-12)19(16,17)15-6-4-3-5-11(15)9-13/h11H,3-10,13H2,1-2H3. The highest BCUT2D eigenvalue weighted by molar-refractivity contribution is 8.00.